The Labute approximate surface area is 97.4 Å². The quantitative estimate of drug-likeness (QED) is 0.882. The van der Waals surface area contributed by atoms with Crippen LogP contribution in [0.1, 0.15) is 24.4 Å². The molecule has 0 saturated heterocycles. The van der Waals surface area contributed by atoms with Gasteiger partial charge in [-0.1, -0.05) is 15.9 Å². The summed E-state index contributed by atoms with van der Waals surface area (Å²) in [6.07, 6.45) is 2.26. The van der Waals surface area contributed by atoms with Crippen LogP contribution in [0.15, 0.2) is 22.7 Å². The van der Waals surface area contributed by atoms with Gasteiger partial charge in [-0.15, -0.1) is 12.4 Å². The van der Waals surface area contributed by atoms with Gasteiger partial charge in [0.2, 0.25) is 0 Å². The summed E-state index contributed by atoms with van der Waals surface area (Å²) in [5.41, 5.74) is 6.55. The third kappa shape index (κ3) is 2.47. The lowest BCUT2D eigenvalue weighted by Crippen LogP contribution is -2.14. The van der Waals surface area contributed by atoms with Gasteiger partial charge in [0.05, 0.1) is 0 Å². The molecule has 0 amide bonds. The van der Waals surface area contributed by atoms with Gasteiger partial charge in [0.25, 0.3) is 0 Å². The third-order valence-electron chi connectivity index (χ3n) is 2.45. The highest BCUT2D eigenvalue weighted by Crippen LogP contribution is 2.40. The molecule has 1 aromatic carbocycles. The van der Waals surface area contributed by atoms with Crippen molar-refractivity contribution in [3.63, 3.8) is 0 Å². The maximum atomic E-state index is 13.3. The van der Waals surface area contributed by atoms with Crippen LogP contribution in [-0.2, 0) is 0 Å². The van der Waals surface area contributed by atoms with Gasteiger partial charge in [-0.05, 0) is 37.0 Å². The molecule has 1 aliphatic carbocycles. The van der Waals surface area contributed by atoms with E-state index in [1.165, 1.54) is 6.07 Å². The molecule has 1 fully saturated rings. The van der Waals surface area contributed by atoms with Gasteiger partial charge < -0.3 is 5.73 Å². The minimum atomic E-state index is -0.192. The Morgan fingerprint density at radius 3 is 2.64 bits per heavy atom. The summed E-state index contributed by atoms with van der Waals surface area (Å²) in [7, 11) is 0. The summed E-state index contributed by atoms with van der Waals surface area (Å²) in [6.45, 7) is 0. The molecule has 14 heavy (non-hydrogen) atoms. The molecule has 2 rings (SSSR count). The fraction of sp³-hybridized carbons (Fsp3) is 0.400. The maximum absolute atomic E-state index is 13.3. The smallest absolute Gasteiger partial charge is 0.128 e. The Hall–Kier alpha value is -0.120. The zero-order chi connectivity index (χ0) is 9.42. The minimum Gasteiger partial charge on any atom is -0.324 e. The molecular formula is C10H12BrClFN. The van der Waals surface area contributed by atoms with Gasteiger partial charge in [-0.25, -0.2) is 4.39 Å². The molecule has 0 bridgehead atoms. The first kappa shape index (κ1) is 12.0. The second-order valence-corrected chi connectivity index (χ2v) is 4.44. The third-order valence-corrected chi connectivity index (χ3v) is 2.94. The average molecular weight is 281 g/mol. The Morgan fingerprint density at radius 1 is 1.43 bits per heavy atom. The summed E-state index contributed by atoms with van der Waals surface area (Å²) < 4.78 is 14.2. The summed E-state index contributed by atoms with van der Waals surface area (Å²) in [6, 6.07) is 4.80. The van der Waals surface area contributed by atoms with E-state index in [1.54, 1.807) is 12.1 Å². The first-order valence-electron chi connectivity index (χ1n) is 4.39. The van der Waals surface area contributed by atoms with Gasteiger partial charge in [-0.3, -0.25) is 0 Å². The Kier molecular flexibility index (Phi) is 3.93. The van der Waals surface area contributed by atoms with E-state index in [9.17, 15) is 4.39 Å². The molecule has 78 valence electrons. The van der Waals surface area contributed by atoms with Crippen LogP contribution >= 0.6 is 28.3 Å². The second kappa shape index (κ2) is 4.60. The zero-order valence-corrected chi connectivity index (χ0v) is 9.94. The fourth-order valence-corrected chi connectivity index (χ4v) is 1.86. The van der Waals surface area contributed by atoms with E-state index in [0.29, 0.717) is 11.5 Å². The molecule has 2 N–H and O–H groups in total. The highest BCUT2D eigenvalue weighted by Gasteiger charge is 2.30. The average Bonchev–Trinajstić information content (AvgIpc) is 2.91. The lowest BCUT2D eigenvalue weighted by atomic mass is 10.0. The Morgan fingerprint density at radius 2 is 2.07 bits per heavy atom. The van der Waals surface area contributed by atoms with Crippen molar-refractivity contribution in [2.75, 3.05) is 0 Å². The van der Waals surface area contributed by atoms with Gasteiger partial charge >= 0.3 is 0 Å². The van der Waals surface area contributed by atoms with Gasteiger partial charge in [-0.2, -0.15) is 0 Å². The monoisotopic (exact) mass is 279 g/mol. The summed E-state index contributed by atoms with van der Waals surface area (Å²) in [5, 5.41) is 0. The highest BCUT2D eigenvalue weighted by atomic mass is 79.9. The lowest BCUT2D eigenvalue weighted by molar-refractivity contribution is 0.553. The minimum absolute atomic E-state index is 0. The summed E-state index contributed by atoms with van der Waals surface area (Å²) >= 11 is 3.31. The first-order chi connectivity index (χ1) is 6.18. The van der Waals surface area contributed by atoms with Crippen molar-refractivity contribution in [1.82, 2.24) is 0 Å². The van der Waals surface area contributed by atoms with Crippen LogP contribution in [0, 0.1) is 11.7 Å². The molecule has 1 aliphatic rings. The van der Waals surface area contributed by atoms with Crippen LogP contribution in [-0.4, -0.2) is 0 Å². The molecule has 0 radical (unpaired) electrons. The number of hydrogen-bond acceptors (Lipinski definition) is 1. The van der Waals surface area contributed by atoms with Crippen molar-refractivity contribution in [3.05, 3.63) is 34.1 Å². The van der Waals surface area contributed by atoms with Crippen LogP contribution in [0.5, 0.6) is 0 Å². The van der Waals surface area contributed by atoms with Crippen molar-refractivity contribution < 1.29 is 4.39 Å². The van der Waals surface area contributed by atoms with Gasteiger partial charge in [0, 0.05) is 16.1 Å². The van der Waals surface area contributed by atoms with E-state index in [2.05, 4.69) is 15.9 Å². The topological polar surface area (TPSA) is 26.0 Å². The summed E-state index contributed by atoms with van der Waals surface area (Å²) in [5.74, 6) is 0.298. The van der Waals surface area contributed by atoms with E-state index in [1.807, 2.05) is 0 Å². The maximum Gasteiger partial charge on any atom is 0.128 e. The van der Waals surface area contributed by atoms with Crippen molar-refractivity contribution in [3.8, 4) is 0 Å². The normalized spacial score (nSPS) is 17.4. The number of nitrogens with two attached hydrogens (primary N) is 1. The molecule has 1 aromatic rings. The molecule has 0 aliphatic heterocycles. The van der Waals surface area contributed by atoms with Crippen molar-refractivity contribution >= 4 is 28.3 Å². The Bertz CT molecular complexity index is 328. The molecule has 0 aromatic heterocycles. The SMILES string of the molecule is Cl.NC(c1cc(Br)ccc1F)C1CC1. The molecule has 0 heterocycles. The number of halogens is 3. The molecule has 1 saturated carbocycles. The molecule has 1 atom stereocenters. The van der Waals surface area contributed by atoms with Gasteiger partial charge in [0.1, 0.15) is 5.82 Å². The van der Waals surface area contributed by atoms with Crippen molar-refractivity contribution in [2.45, 2.75) is 18.9 Å². The fourth-order valence-electron chi connectivity index (χ4n) is 1.48. The molecule has 4 heteroatoms. The van der Waals surface area contributed by atoms with E-state index < -0.39 is 0 Å². The van der Waals surface area contributed by atoms with Crippen LogP contribution in [0.2, 0.25) is 0 Å². The zero-order valence-electron chi connectivity index (χ0n) is 7.54. The largest absolute Gasteiger partial charge is 0.324 e. The summed E-state index contributed by atoms with van der Waals surface area (Å²) in [4.78, 5) is 0. The van der Waals surface area contributed by atoms with E-state index in [4.69, 9.17) is 5.73 Å². The van der Waals surface area contributed by atoms with Crippen LogP contribution in [0.3, 0.4) is 0 Å². The molecular weight excluding hydrogens is 268 g/mol. The van der Waals surface area contributed by atoms with Crippen LogP contribution < -0.4 is 5.73 Å². The molecule has 1 unspecified atom stereocenters. The number of hydrogen-bond donors (Lipinski definition) is 1. The van der Waals surface area contributed by atoms with Gasteiger partial charge in [0.15, 0.2) is 0 Å². The molecule has 1 nitrogen and oxygen atoms in total. The lowest BCUT2D eigenvalue weighted by Gasteiger charge is -2.11. The van der Waals surface area contributed by atoms with E-state index in [-0.39, 0.29) is 24.3 Å². The highest BCUT2D eigenvalue weighted by molar-refractivity contribution is 9.10. The van der Waals surface area contributed by atoms with Crippen LogP contribution in [0.25, 0.3) is 0 Å². The Balaban J connectivity index is 0.000000980. The van der Waals surface area contributed by atoms with E-state index >= 15 is 0 Å². The predicted molar refractivity (Wildman–Crippen MR) is 61.0 cm³/mol. The number of rotatable bonds is 2. The van der Waals surface area contributed by atoms with Crippen LogP contribution in [0.4, 0.5) is 4.39 Å². The second-order valence-electron chi connectivity index (χ2n) is 3.53. The van der Waals surface area contributed by atoms with Crippen molar-refractivity contribution in [1.29, 1.82) is 0 Å². The standard InChI is InChI=1S/C10H11BrFN.ClH/c11-7-3-4-9(12)8(5-7)10(13)6-1-2-6;/h3-6,10H,1-2,13H2;1H. The predicted octanol–water partition coefficient (Wildman–Crippen LogP) is 3.42. The van der Waals surface area contributed by atoms with E-state index in [0.717, 1.165) is 17.3 Å². The number of benzene rings is 1. The molecule has 0 spiro atoms. The van der Waals surface area contributed by atoms with Crippen molar-refractivity contribution in [2.24, 2.45) is 11.7 Å². The first-order valence-corrected chi connectivity index (χ1v) is 5.18.